The fourth-order valence-corrected chi connectivity index (χ4v) is 2.48. The van der Waals surface area contributed by atoms with E-state index in [0.29, 0.717) is 18.1 Å². The maximum atomic E-state index is 11.6. The Labute approximate surface area is 108 Å². The van der Waals surface area contributed by atoms with Crippen molar-refractivity contribution in [1.82, 2.24) is 0 Å². The van der Waals surface area contributed by atoms with Crippen LogP contribution in [0.5, 0.6) is 5.75 Å². The Morgan fingerprint density at radius 3 is 2.61 bits per heavy atom. The Hall–Kier alpha value is -1.35. The summed E-state index contributed by atoms with van der Waals surface area (Å²) >= 11 is 0. The Bertz CT molecular complexity index is 369. The van der Waals surface area contributed by atoms with E-state index in [-0.39, 0.29) is 0 Å². The van der Waals surface area contributed by atoms with Gasteiger partial charge in [-0.15, -0.1) is 0 Å². The molecule has 1 N–H and O–H groups in total. The van der Waals surface area contributed by atoms with Crippen molar-refractivity contribution in [3.8, 4) is 5.75 Å². The molecule has 1 aromatic carbocycles. The predicted molar refractivity (Wildman–Crippen MR) is 69.3 cm³/mol. The molecule has 98 valence electrons. The summed E-state index contributed by atoms with van der Waals surface area (Å²) in [5.41, 5.74) is 0. The zero-order valence-corrected chi connectivity index (χ0v) is 10.5. The second-order valence-electron chi connectivity index (χ2n) is 4.98. The topological polar surface area (TPSA) is 46.5 Å². The van der Waals surface area contributed by atoms with Crippen molar-refractivity contribution < 1.29 is 14.6 Å². The average Bonchev–Trinajstić information content (AvgIpc) is 2.90. The summed E-state index contributed by atoms with van der Waals surface area (Å²) in [6.45, 7) is 0. The number of carbonyl (C=O) groups is 1. The number of rotatable bonds is 5. The number of hydrogen-bond acceptors (Lipinski definition) is 3. The number of hydrogen-bond donors (Lipinski definition) is 1. The molecule has 0 amide bonds. The number of aliphatic hydroxyl groups is 1. The smallest absolute Gasteiger partial charge is 0.340 e. The standard InChI is InChI=1S/C15H20O3/c16-14(11-10-12-6-4-5-7-12)15(17)18-13-8-2-1-3-9-13/h1-3,8-9,12,14,16H,4-7,10-11H2. The molecular formula is C15H20O3. The van der Waals surface area contributed by atoms with Gasteiger partial charge in [0.25, 0.3) is 0 Å². The van der Waals surface area contributed by atoms with Crippen molar-refractivity contribution >= 4 is 5.97 Å². The third-order valence-electron chi connectivity index (χ3n) is 3.56. The van der Waals surface area contributed by atoms with Crippen LogP contribution in [0.15, 0.2) is 30.3 Å². The summed E-state index contributed by atoms with van der Waals surface area (Å²) in [6, 6.07) is 8.87. The quantitative estimate of drug-likeness (QED) is 0.643. The van der Waals surface area contributed by atoms with Crippen LogP contribution in [-0.4, -0.2) is 17.2 Å². The van der Waals surface area contributed by atoms with Crippen LogP contribution in [0.1, 0.15) is 38.5 Å². The van der Waals surface area contributed by atoms with Gasteiger partial charge < -0.3 is 9.84 Å². The highest BCUT2D eigenvalue weighted by atomic mass is 16.5. The fourth-order valence-electron chi connectivity index (χ4n) is 2.48. The lowest BCUT2D eigenvalue weighted by atomic mass is 10.00. The van der Waals surface area contributed by atoms with E-state index in [4.69, 9.17) is 4.74 Å². The molecule has 1 aromatic rings. The van der Waals surface area contributed by atoms with Gasteiger partial charge in [-0.3, -0.25) is 0 Å². The molecular weight excluding hydrogens is 228 g/mol. The van der Waals surface area contributed by atoms with Crippen LogP contribution >= 0.6 is 0 Å². The molecule has 18 heavy (non-hydrogen) atoms. The molecule has 1 aliphatic carbocycles. The Morgan fingerprint density at radius 1 is 1.28 bits per heavy atom. The molecule has 0 aliphatic heterocycles. The van der Waals surface area contributed by atoms with E-state index in [2.05, 4.69) is 0 Å². The molecule has 0 radical (unpaired) electrons. The molecule has 1 unspecified atom stereocenters. The molecule has 2 rings (SSSR count). The Kier molecular flexibility index (Phi) is 4.76. The van der Waals surface area contributed by atoms with Crippen molar-refractivity contribution in [1.29, 1.82) is 0 Å². The van der Waals surface area contributed by atoms with Crippen LogP contribution in [0.2, 0.25) is 0 Å². The minimum absolute atomic E-state index is 0.488. The normalized spacial score (nSPS) is 17.6. The predicted octanol–water partition coefficient (Wildman–Crippen LogP) is 2.92. The van der Waals surface area contributed by atoms with E-state index < -0.39 is 12.1 Å². The highest BCUT2D eigenvalue weighted by molar-refractivity contribution is 5.76. The van der Waals surface area contributed by atoms with Crippen molar-refractivity contribution in [2.75, 3.05) is 0 Å². The van der Waals surface area contributed by atoms with Crippen LogP contribution in [0.3, 0.4) is 0 Å². The fraction of sp³-hybridized carbons (Fsp3) is 0.533. The minimum atomic E-state index is -0.995. The first-order valence-electron chi connectivity index (χ1n) is 6.70. The van der Waals surface area contributed by atoms with Gasteiger partial charge in [0, 0.05) is 0 Å². The van der Waals surface area contributed by atoms with Crippen molar-refractivity contribution in [3.05, 3.63) is 30.3 Å². The molecule has 0 bridgehead atoms. The highest BCUT2D eigenvalue weighted by Gasteiger charge is 2.21. The zero-order chi connectivity index (χ0) is 12.8. The van der Waals surface area contributed by atoms with Gasteiger partial charge in [0.2, 0.25) is 0 Å². The summed E-state index contributed by atoms with van der Waals surface area (Å²) in [6.07, 6.45) is 5.48. The number of esters is 1. The first-order valence-corrected chi connectivity index (χ1v) is 6.70. The van der Waals surface area contributed by atoms with Crippen LogP contribution in [0, 0.1) is 5.92 Å². The van der Waals surface area contributed by atoms with Gasteiger partial charge in [0.05, 0.1) is 0 Å². The molecule has 1 atom stereocenters. The summed E-state index contributed by atoms with van der Waals surface area (Å²) < 4.78 is 5.10. The third kappa shape index (κ3) is 3.84. The SMILES string of the molecule is O=C(Oc1ccccc1)C(O)CCC1CCCC1. The van der Waals surface area contributed by atoms with Crippen molar-refractivity contribution in [3.63, 3.8) is 0 Å². The number of carbonyl (C=O) groups excluding carboxylic acids is 1. The number of aliphatic hydroxyl groups excluding tert-OH is 1. The maximum Gasteiger partial charge on any atom is 0.340 e. The van der Waals surface area contributed by atoms with E-state index in [0.717, 1.165) is 6.42 Å². The van der Waals surface area contributed by atoms with Gasteiger partial charge in [-0.25, -0.2) is 4.79 Å². The molecule has 0 aromatic heterocycles. The lowest BCUT2D eigenvalue weighted by molar-refractivity contribution is -0.144. The minimum Gasteiger partial charge on any atom is -0.425 e. The van der Waals surface area contributed by atoms with E-state index in [1.54, 1.807) is 24.3 Å². The van der Waals surface area contributed by atoms with E-state index in [1.165, 1.54) is 25.7 Å². The average molecular weight is 248 g/mol. The molecule has 0 saturated heterocycles. The Morgan fingerprint density at radius 2 is 1.94 bits per heavy atom. The van der Waals surface area contributed by atoms with Crippen molar-refractivity contribution in [2.24, 2.45) is 5.92 Å². The molecule has 0 heterocycles. The number of para-hydroxylation sites is 1. The second kappa shape index (κ2) is 6.55. The van der Waals surface area contributed by atoms with Crippen molar-refractivity contribution in [2.45, 2.75) is 44.6 Å². The zero-order valence-electron chi connectivity index (χ0n) is 10.5. The monoisotopic (exact) mass is 248 g/mol. The van der Waals surface area contributed by atoms with E-state index in [9.17, 15) is 9.90 Å². The molecule has 1 fully saturated rings. The first-order chi connectivity index (χ1) is 8.75. The summed E-state index contributed by atoms with van der Waals surface area (Å²) in [4.78, 5) is 11.6. The first kappa shape index (κ1) is 13.1. The molecule has 3 heteroatoms. The Balaban J connectivity index is 1.74. The van der Waals surface area contributed by atoms with Gasteiger partial charge in [-0.05, 0) is 30.9 Å². The number of benzene rings is 1. The van der Waals surface area contributed by atoms with Crippen LogP contribution in [0.25, 0.3) is 0 Å². The molecule has 0 spiro atoms. The van der Waals surface area contributed by atoms with Crippen LogP contribution in [0.4, 0.5) is 0 Å². The summed E-state index contributed by atoms with van der Waals surface area (Å²) in [5, 5.41) is 9.76. The van der Waals surface area contributed by atoms with E-state index >= 15 is 0 Å². The van der Waals surface area contributed by atoms with E-state index in [1.807, 2.05) is 6.07 Å². The van der Waals surface area contributed by atoms with Gasteiger partial charge in [0.15, 0.2) is 6.10 Å². The third-order valence-corrected chi connectivity index (χ3v) is 3.56. The van der Waals surface area contributed by atoms with Crippen LogP contribution in [-0.2, 0) is 4.79 Å². The second-order valence-corrected chi connectivity index (χ2v) is 4.98. The molecule has 3 nitrogen and oxygen atoms in total. The maximum absolute atomic E-state index is 11.6. The highest BCUT2D eigenvalue weighted by Crippen LogP contribution is 2.29. The summed E-state index contributed by atoms with van der Waals surface area (Å²) in [7, 11) is 0. The van der Waals surface area contributed by atoms with Gasteiger partial charge in [-0.1, -0.05) is 43.9 Å². The lowest BCUT2D eigenvalue weighted by Gasteiger charge is -2.13. The molecule has 1 aliphatic rings. The van der Waals surface area contributed by atoms with Crippen LogP contribution < -0.4 is 4.74 Å². The number of ether oxygens (including phenoxy) is 1. The summed E-state index contributed by atoms with van der Waals surface area (Å²) in [5.74, 6) is 0.630. The van der Waals surface area contributed by atoms with Gasteiger partial charge in [0.1, 0.15) is 5.75 Å². The lowest BCUT2D eigenvalue weighted by Crippen LogP contribution is -2.26. The largest absolute Gasteiger partial charge is 0.425 e. The van der Waals surface area contributed by atoms with Gasteiger partial charge in [-0.2, -0.15) is 0 Å². The molecule has 1 saturated carbocycles. The van der Waals surface area contributed by atoms with Gasteiger partial charge >= 0.3 is 5.97 Å².